The van der Waals surface area contributed by atoms with Crippen molar-refractivity contribution in [2.45, 2.75) is 24.4 Å². The molecule has 28 heavy (non-hydrogen) atoms. The summed E-state index contributed by atoms with van der Waals surface area (Å²) in [4.78, 5) is 14.6. The second-order valence-electron chi connectivity index (χ2n) is 6.85. The lowest BCUT2D eigenvalue weighted by atomic mass is 10.1. The van der Waals surface area contributed by atoms with Crippen LogP contribution in [0.15, 0.2) is 53.4 Å². The van der Waals surface area contributed by atoms with Crippen molar-refractivity contribution in [2.24, 2.45) is 5.14 Å². The van der Waals surface area contributed by atoms with Gasteiger partial charge in [0.15, 0.2) is 0 Å². The molecule has 7 nitrogen and oxygen atoms in total. The number of carbonyl (C=O) groups is 1. The molecule has 1 aliphatic heterocycles. The number of ether oxygens (including phenoxy) is 1. The third-order valence-electron chi connectivity index (χ3n) is 4.61. The summed E-state index contributed by atoms with van der Waals surface area (Å²) in [6, 6.07) is 14.2. The van der Waals surface area contributed by atoms with Crippen LogP contribution in [-0.2, 0) is 39.1 Å². The highest BCUT2D eigenvalue weighted by atomic mass is 32.2. The number of primary sulfonamides is 1. The van der Waals surface area contributed by atoms with Crippen molar-refractivity contribution in [3.63, 3.8) is 0 Å². The maximum Gasteiger partial charge on any atom is 0.238 e. The number of morpholine rings is 1. The molecule has 0 bridgehead atoms. The molecule has 1 fully saturated rings. The van der Waals surface area contributed by atoms with Crippen molar-refractivity contribution >= 4 is 15.9 Å². The molecule has 0 aromatic heterocycles. The van der Waals surface area contributed by atoms with E-state index in [9.17, 15) is 13.2 Å². The molecule has 3 N–H and O–H groups in total. The SMILES string of the molecule is NS(=O)(=O)c1ccc(CC(=O)NCc2cccc(CN3CCOCC3)c2)cc1. The number of carbonyl (C=O) groups excluding carboxylic acids is 1. The van der Waals surface area contributed by atoms with E-state index in [0.717, 1.165) is 44.0 Å². The number of amides is 1. The summed E-state index contributed by atoms with van der Waals surface area (Å²) in [6.07, 6.45) is 0.179. The fourth-order valence-corrected chi connectivity index (χ4v) is 3.62. The van der Waals surface area contributed by atoms with Crippen LogP contribution < -0.4 is 10.5 Å². The first-order valence-electron chi connectivity index (χ1n) is 9.16. The highest BCUT2D eigenvalue weighted by Crippen LogP contribution is 2.11. The normalized spacial score (nSPS) is 15.3. The number of nitrogens with one attached hydrogen (secondary N) is 1. The number of sulfonamides is 1. The summed E-state index contributed by atoms with van der Waals surface area (Å²) in [5, 5.41) is 7.98. The number of nitrogens with two attached hydrogens (primary N) is 1. The largest absolute Gasteiger partial charge is 0.379 e. The first-order chi connectivity index (χ1) is 13.4. The highest BCUT2D eigenvalue weighted by molar-refractivity contribution is 7.89. The first kappa shape index (κ1) is 20.5. The maximum atomic E-state index is 12.2. The second kappa shape index (κ2) is 9.29. The van der Waals surface area contributed by atoms with Gasteiger partial charge in [0.2, 0.25) is 15.9 Å². The standard InChI is InChI=1S/C20H25N3O4S/c21-28(25,26)19-6-4-16(5-7-19)13-20(24)22-14-17-2-1-3-18(12-17)15-23-8-10-27-11-9-23/h1-7,12H,8-11,13-15H2,(H,22,24)(H2,21,25,26). The molecule has 1 aliphatic rings. The number of hydrogen-bond acceptors (Lipinski definition) is 5. The molecule has 2 aromatic rings. The van der Waals surface area contributed by atoms with Crippen LogP contribution in [0.4, 0.5) is 0 Å². The molecule has 0 aliphatic carbocycles. The van der Waals surface area contributed by atoms with Crippen LogP contribution in [-0.4, -0.2) is 45.5 Å². The van der Waals surface area contributed by atoms with E-state index in [1.54, 1.807) is 12.1 Å². The van der Waals surface area contributed by atoms with Crippen molar-refractivity contribution < 1.29 is 17.9 Å². The third-order valence-corrected chi connectivity index (χ3v) is 5.54. The molecule has 150 valence electrons. The smallest absolute Gasteiger partial charge is 0.238 e. The van der Waals surface area contributed by atoms with Gasteiger partial charge >= 0.3 is 0 Å². The van der Waals surface area contributed by atoms with E-state index >= 15 is 0 Å². The summed E-state index contributed by atoms with van der Waals surface area (Å²) in [5.74, 6) is -0.123. The average molecular weight is 404 g/mol. The molecule has 1 saturated heterocycles. The predicted octanol–water partition coefficient (Wildman–Crippen LogP) is 1.03. The minimum absolute atomic E-state index is 0.0359. The van der Waals surface area contributed by atoms with E-state index < -0.39 is 10.0 Å². The molecule has 1 amide bonds. The quantitative estimate of drug-likeness (QED) is 0.719. The van der Waals surface area contributed by atoms with Gasteiger partial charge in [-0.15, -0.1) is 0 Å². The monoisotopic (exact) mass is 403 g/mol. The molecular weight excluding hydrogens is 378 g/mol. The van der Waals surface area contributed by atoms with Gasteiger partial charge in [0.1, 0.15) is 0 Å². The Morgan fingerprint density at radius 1 is 1.04 bits per heavy atom. The van der Waals surface area contributed by atoms with Crippen molar-refractivity contribution in [3.05, 3.63) is 65.2 Å². The Hall–Kier alpha value is -2.26. The molecule has 3 rings (SSSR count). The van der Waals surface area contributed by atoms with Gasteiger partial charge in [-0.2, -0.15) is 0 Å². The van der Waals surface area contributed by atoms with Crippen LogP contribution in [0.5, 0.6) is 0 Å². The van der Waals surface area contributed by atoms with Crippen LogP contribution in [0, 0.1) is 0 Å². The minimum Gasteiger partial charge on any atom is -0.379 e. The van der Waals surface area contributed by atoms with E-state index in [2.05, 4.69) is 22.3 Å². The van der Waals surface area contributed by atoms with Crippen LogP contribution in [0.3, 0.4) is 0 Å². The van der Waals surface area contributed by atoms with Gasteiger partial charge in [0.05, 0.1) is 24.5 Å². The molecule has 0 saturated carbocycles. The minimum atomic E-state index is -3.72. The fraction of sp³-hybridized carbons (Fsp3) is 0.350. The lowest BCUT2D eigenvalue weighted by Gasteiger charge is -2.26. The molecule has 2 aromatic carbocycles. The van der Waals surface area contributed by atoms with E-state index in [0.29, 0.717) is 6.54 Å². The Kier molecular flexibility index (Phi) is 6.79. The molecule has 0 unspecified atom stereocenters. The summed E-state index contributed by atoms with van der Waals surface area (Å²) in [6.45, 7) is 4.74. The van der Waals surface area contributed by atoms with Gasteiger partial charge in [-0.1, -0.05) is 36.4 Å². The van der Waals surface area contributed by atoms with E-state index in [1.807, 2.05) is 12.1 Å². The highest BCUT2D eigenvalue weighted by Gasteiger charge is 2.11. The zero-order chi connectivity index (χ0) is 20.0. The van der Waals surface area contributed by atoms with Gasteiger partial charge < -0.3 is 10.1 Å². The number of rotatable bonds is 7. The summed E-state index contributed by atoms with van der Waals surface area (Å²) < 4.78 is 27.9. The van der Waals surface area contributed by atoms with Gasteiger partial charge in [-0.25, -0.2) is 13.6 Å². The molecule has 0 spiro atoms. The number of hydrogen-bond donors (Lipinski definition) is 2. The van der Waals surface area contributed by atoms with E-state index in [4.69, 9.17) is 9.88 Å². The van der Waals surface area contributed by atoms with Crippen LogP contribution in [0.2, 0.25) is 0 Å². The van der Waals surface area contributed by atoms with Crippen LogP contribution >= 0.6 is 0 Å². The lowest BCUT2D eigenvalue weighted by molar-refractivity contribution is -0.120. The lowest BCUT2D eigenvalue weighted by Crippen LogP contribution is -2.35. The predicted molar refractivity (Wildman–Crippen MR) is 106 cm³/mol. The maximum absolute atomic E-state index is 12.2. The Morgan fingerprint density at radius 2 is 1.71 bits per heavy atom. The Labute approximate surface area is 165 Å². The van der Waals surface area contributed by atoms with Crippen molar-refractivity contribution in [1.82, 2.24) is 10.2 Å². The Morgan fingerprint density at radius 3 is 2.39 bits per heavy atom. The topological polar surface area (TPSA) is 102 Å². The van der Waals surface area contributed by atoms with Gasteiger partial charge in [0, 0.05) is 26.2 Å². The average Bonchev–Trinajstić information content (AvgIpc) is 2.67. The molecule has 0 radical (unpaired) electrons. The summed E-state index contributed by atoms with van der Waals surface area (Å²) >= 11 is 0. The van der Waals surface area contributed by atoms with Crippen molar-refractivity contribution in [2.75, 3.05) is 26.3 Å². The van der Waals surface area contributed by atoms with E-state index in [-0.39, 0.29) is 17.2 Å². The Balaban J connectivity index is 1.50. The second-order valence-corrected chi connectivity index (χ2v) is 8.41. The summed E-state index contributed by atoms with van der Waals surface area (Å²) in [5.41, 5.74) is 2.99. The number of nitrogens with zero attached hydrogens (tertiary/aromatic N) is 1. The zero-order valence-corrected chi connectivity index (χ0v) is 16.5. The zero-order valence-electron chi connectivity index (χ0n) is 15.6. The summed E-state index contributed by atoms with van der Waals surface area (Å²) in [7, 11) is -3.72. The third kappa shape index (κ3) is 6.13. The molecular formula is C20H25N3O4S. The fourth-order valence-electron chi connectivity index (χ4n) is 3.10. The van der Waals surface area contributed by atoms with Crippen molar-refractivity contribution in [3.8, 4) is 0 Å². The van der Waals surface area contributed by atoms with Gasteiger partial charge in [0.25, 0.3) is 0 Å². The van der Waals surface area contributed by atoms with Gasteiger partial charge in [-0.05, 0) is 28.8 Å². The van der Waals surface area contributed by atoms with Crippen molar-refractivity contribution in [1.29, 1.82) is 0 Å². The molecule has 0 atom stereocenters. The van der Waals surface area contributed by atoms with Crippen LogP contribution in [0.25, 0.3) is 0 Å². The van der Waals surface area contributed by atoms with Crippen LogP contribution in [0.1, 0.15) is 16.7 Å². The number of benzene rings is 2. The van der Waals surface area contributed by atoms with E-state index in [1.165, 1.54) is 17.7 Å². The van der Waals surface area contributed by atoms with Gasteiger partial charge in [-0.3, -0.25) is 9.69 Å². The molecule has 8 heteroatoms. The molecule has 1 heterocycles. The Bertz CT molecular complexity index is 907. The first-order valence-corrected chi connectivity index (χ1v) is 10.7.